The van der Waals surface area contributed by atoms with Crippen molar-refractivity contribution in [1.29, 1.82) is 0 Å². The molecule has 1 unspecified atom stereocenters. The number of carbonyl (C=O) groups excluding carboxylic acids is 1. The minimum Gasteiger partial charge on any atom is -0.378 e. The van der Waals surface area contributed by atoms with E-state index in [0.29, 0.717) is 18.0 Å². The molecule has 3 nitrogen and oxygen atoms in total. The highest BCUT2D eigenvalue weighted by Gasteiger charge is 2.12. The normalized spacial score (nSPS) is 11.8. The van der Waals surface area contributed by atoms with Crippen LogP contribution < -0.4 is 10.2 Å². The van der Waals surface area contributed by atoms with Gasteiger partial charge in [-0.05, 0) is 36.2 Å². The Bertz CT molecular complexity index is 591. The Morgan fingerprint density at radius 1 is 1.05 bits per heavy atom. The van der Waals surface area contributed by atoms with Gasteiger partial charge in [0.15, 0.2) is 0 Å². The lowest BCUT2D eigenvalue weighted by Crippen LogP contribution is -2.28. The third kappa shape index (κ3) is 4.10. The van der Waals surface area contributed by atoms with Crippen molar-refractivity contribution in [1.82, 2.24) is 5.32 Å². The van der Waals surface area contributed by atoms with Crippen molar-refractivity contribution < 1.29 is 4.79 Å². The first-order valence-electron chi connectivity index (χ1n) is 7.72. The average Bonchev–Trinajstić information content (AvgIpc) is 2.56. The van der Waals surface area contributed by atoms with Gasteiger partial charge in [-0.25, -0.2) is 0 Å². The van der Waals surface area contributed by atoms with Gasteiger partial charge >= 0.3 is 0 Å². The average molecular weight is 296 g/mol. The molecule has 0 radical (unpaired) electrons. The van der Waals surface area contributed by atoms with Crippen molar-refractivity contribution in [2.45, 2.75) is 19.3 Å². The van der Waals surface area contributed by atoms with Crippen molar-refractivity contribution in [2.24, 2.45) is 0 Å². The van der Waals surface area contributed by atoms with Crippen LogP contribution in [0.4, 0.5) is 5.69 Å². The molecule has 1 amide bonds. The Morgan fingerprint density at radius 3 is 2.23 bits per heavy atom. The Hall–Kier alpha value is -2.29. The molecule has 0 bridgehead atoms. The lowest BCUT2D eigenvalue weighted by Gasteiger charge is -2.17. The van der Waals surface area contributed by atoms with Crippen LogP contribution in [0, 0.1) is 0 Å². The predicted molar refractivity (Wildman–Crippen MR) is 92.6 cm³/mol. The van der Waals surface area contributed by atoms with E-state index in [1.165, 1.54) is 5.56 Å². The van der Waals surface area contributed by atoms with E-state index in [4.69, 9.17) is 0 Å². The molecule has 0 saturated heterocycles. The van der Waals surface area contributed by atoms with Crippen LogP contribution >= 0.6 is 0 Å². The number of amides is 1. The molecule has 3 heteroatoms. The van der Waals surface area contributed by atoms with Gasteiger partial charge < -0.3 is 10.2 Å². The summed E-state index contributed by atoms with van der Waals surface area (Å²) >= 11 is 0. The molecule has 116 valence electrons. The topological polar surface area (TPSA) is 32.3 Å². The zero-order chi connectivity index (χ0) is 15.9. The van der Waals surface area contributed by atoms with Gasteiger partial charge in [-0.3, -0.25) is 4.79 Å². The molecule has 1 atom stereocenters. The molecule has 2 aromatic rings. The number of anilines is 1. The number of benzene rings is 2. The van der Waals surface area contributed by atoms with Gasteiger partial charge in [0.2, 0.25) is 0 Å². The predicted octanol–water partition coefficient (Wildman–Crippen LogP) is 3.68. The summed E-state index contributed by atoms with van der Waals surface area (Å²) in [6.07, 6.45) is 1.00. The van der Waals surface area contributed by atoms with Crippen molar-refractivity contribution in [3.05, 3.63) is 65.7 Å². The van der Waals surface area contributed by atoms with Crippen LogP contribution in [0.2, 0.25) is 0 Å². The SMILES string of the molecule is CCC(CNC(=O)c1ccc(N(C)C)cc1)c1ccccc1. The standard InChI is InChI=1S/C19H24N2O/c1-4-15(16-8-6-5-7-9-16)14-20-19(22)17-10-12-18(13-11-17)21(2)3/h5-13,15H,4,14H2,1-3H3,(H,20,22). The number of nitrogens with one attached hydrogen (secondary N) is 1. The molecule has 0 aliphatic heterocycles. The summed E-state index contributed by atoms with van der Waals surface area (Å²) in [5, 5.41) is 3.04. The third-order valence-corrected chi connectivity index (χ3v) is 3.92. The Kier molecular flexibility index (Phi) is 5.59. The number of carbonyl (C=O) groups is 1. The fourth-order valence-corrected chi connectivity index (χ4v) is 2.45. The maximum Gasteiger partial charge on any atom is 0.251 e. The summed E-state index contributed by atoms with van der Waals surface area (Å²) in [6.45, 7) is 2.81. The molecular weight excluding hydrogens is 272 g/mol. The van der Waals surface area contributed by atoms with E-state index in [9.17, 15) is 4.79 Å². The first kappa shape index (κ1) is 16.1. The molecule has 0 spiro atoms. The maximum atomic E-state index is 12.3. The van der Waals surface area contributed by atoms with Crippen LogP contribution in [-0.2, 0) is 0 Å². The van der Waals surface area contributed by atoms with Gasteiger partial charge in [-0.15, -0.1) is 0 Å². The highest BCUT2D eigenvalue weighted by molar-refractivity contribution is 5.94. The zero-order valence-corrected chi connectivity index (χ0v) is 13.5. The van der Waals surface area contributed by atoms with Crippen molar-refractivity contribution >= 4 is 11.6 Å². The number of hydrogen-bond acceptors (Lipinski definition) is 2. The van der Waals surface area contributed by atoms with Gasteiger partial charge in [0.1, 0.15) is 0 Å². The molecule has 2 aromatic carbocycles. The van der Waals surface area contributed by atoms with E-state index in [-0.39, 0.29) is 5.91 Å². The molecule has 2 rings (SSSR count). The van der Waals surface area contributed by atoms with Crippen LogP contribution in [0.1, 0.15) is 35.2 Å². The van der Waals surface area contributed by atoms with Gasteiger partial charge in [0.05, 0.1) is 0 Å². The summed E-state index contributed by atoms with van der Waals surface area (Å²) in [5.74, 6) is 0.339. The fourth-order valence-electron chi connectivity index (χ4n) is 2.45. The van der Waals surface area contributed by atoms with Crippen LogP contribution in [0.15, 0.2) is 54.6 Å². The Morgan fingerprint density at radius 2 is 1.68 bits per heavy atom. The zero-order valence-electron chi connectivity index (χ0n) is 13.5. The Balaban J connectivity index is 1.96. The number of hydrogen-bond donors (Lipinski definition) is 1. The fraction of sp³-hybridized carbons (Fsp3) is 0.316. The Labute approximate surface area is 133 Å². The van der Waals surface area contributed by atoms with E-state index < -0.39 is 0 Å². The molecule has 22 heavy (non-hydrogen) atoms. The van der Waals surface area contributed by atoms with Crippen LogP contribution in [-0.4, -0.2) is 26.5 Å². The minimum atomic E-state index is -0.0142. The second-order valence-corrected chi connectivity index (χ2v) is 5.67. The maximum absolute atomic E-state index is 12.3. The molecule has 0 aliphatic carbocycles. The first-order valence-corrected chi connectivity index (χ1v) is 7.72. The molecule has 0 aliphatic rings. The first-order chi connectivity index (χ1) is 10.6. The van der Waals surface area contributed by atoms with E-state index in [2.05, 4.69) is 24.4 Å². The second-order valence-electron chi connectivity index (χ2n) is 5.67. The lowest BCUT2D eigenvalue weighted by atomic mass is 9.96. The molecule has 1 N–H and O–H groups in total. The second kappa shape index (κ2) is 7.64. The molecular formula is C19H24N2O. The highest BCUT2D eigenvalue weighted by Crippen LogP contribution is 2.18. The van der Waals surface area contributed by atoms with Crippen LogP contribution in [0.5, 0.6) is 0 Å². The molecule has 0 aromatic heterocycles. The van der Waals surface area contributed by atoms with Gasteiger partial charge in [0, 0.05) is 37.8 Å². The summed E-state index contributed by atoms with van der Waals surface area (Å²) in [7, 11) is 3.97. The summed E-state index contributed by atoms with van der Waals surface area (Å²) in [5.41, 5.74) is 3.06. The molecule has 0 saturated carbocycles. The van der Waals surface area contributed by atoms with Crippen molar-refractivity contribution in [2.75, 3.05) is 25.5 Å². The largest absolute Gasteiger partial charge is 0.378 e. The quantitative estimate of drug-likeness (QED) is 0.882. The highest BCUT2D eigenvalue weighted by atomic mass is 16.1. The van der Waals surface area contributed by atoms with Gasteiger partial charge in [-0.2, -0.15) is 0 Å². The van der Waals surface area contributed by atoms with E-state index in [0.717, 1.165) is 12.1 Å². The van der Waals surface area contributed by atoms with E-state index in [1.54, 1.807) is 0 Å². The van der Waals surface area contributed by atoms with Gasteiger partial charge in [-0.1, -0.05) is 37.3 Å². The smallest absolute Gasteiger partial charge is 0.251 e. The summed E-state index contributed by atoms with van der Waals surface area (Å²) in [4.78, 5) is 14.3. The van der Waals surface area contributed by atoms with E-state index >= 15 is 0 Å². The third-order valence-electron chi connectivity index (χ3n) is 3.92. The molecule has 0 heterocycles. The van der Waals surface area contributed by atoms with Gasteiger partial charge in [0.25, 0.3) is 5.91 Å². The van der Waals surface area contributed by atoms with Crippen molar-refractivity contribution in [3.8, 4) is 0 Å². The minimum absolute atomic E-state index is 0.0142. The number of nitrogens with zero attached hydrogens (tertiary/aromatic N) is 1. The summed E-state index contributed by atoms with van der Waals surface area (Å²) in [6, 6.07) is 18.0. The summed E-state index contributed by atoms with van der Waals surface area (Å²) < 4.78 is 0. The van der Waals surface area contributed by atoms with Crippen LogP contribution in [0.25, 0.3) is 0 Å². The molecule has 0 fully saturated rings. The van der Waals surface area contributed by atoms with Crippen molar-refractivity contribution in [3.63, 3.8) is 0 Å². The lowest BCUT2D eigenvalue weighted by molar-refractivity contribution is 0.0951. The van der Waals surface area contributed by atoms with E-state index in [1.807, 2.05) is 61.5 Å². The monoisotopic (exact) mass is 296 g/mol. The number of rotatable bonds is 6. The van der Waals surface area contributed by atoms with Crippen LogP contribution in [0.3, 0.4) is 0 Å².